The number of aliphatic hydroxyl groups is 1. The van der Waals surface area contributed by atoms with Gasteiger partial charge in [-0.2, -0.15) is 0 Å². The number of ether oxygens (including phenoxy) is 1. The van der Waals surface area contributed by atoms with E-state index in [2.05, 4.69) is 35.2 Å². The molecule has 130 valence electrons. The first-order valence-corrected chi connectivity index (χ1v) is 8.44. The average Bonchev–Trinajstić information content (AvgIpc) is 2.62. The molecule has 0 amide bonds. The van der Waals surface area contributed by atoms with Crippen LogP contribution in [0.4, 0.5) is 0 Å². The van der Waals surface area contributed by atoms with Crippen LogP contribution in [0.25, 0.3) is 0 Å². The summed E-state index contributed by atoms with van der Waals surface area (Å²) >= 11 is 0. The number of benzene rings is 2. The number of aliphatic hydroxyl groups excluding tert-OH is 1. The zero-order valence-electron chi connectivity index (χ0n) is 13.9. The smallest absolute Gasteiger partial charge is 0.119 e. The molecule has 0 bridgehead atoms. The molecule has 3 nitrogen and oxygen atoms in total. The van der Waals surface area contributed by atoms with E-state index in [0.717, 1.165) is 31.7 Å². The molecule has 1 aliphatic heterocycles. The molecule has 1 saturated heterocycles. The summed E-state index contributed by atoms with van der Waals surface area (Å²) in [6, 6.07) is 20.4. The Morgan fingerprint density at radius 1 is 0.958 bits per heavy atom. The fourth-order valence-electron chi connectivity index (χ4n) is 3.23. The number of likely N-dealkylation sites (tertiary alicyclic amines) is 1. The van der Waals surface area contributed by atoms with Crippen LogP contribution in [-0.2, 0) is 0 Å². The topological polar surface area (TPSA) is 32.7 Å². The Labute approximate surface area is 150 Å². The van der Waals surface area contributed by atoms with Gasteiger partial charge in [0.15, 0.2) is 0 Å². The lowest BCUT2D eigenvalue weighted by molar-refractivity contribution is 0.0594. The summed E-state index contributed by atoms with van der Waals surface area (Å²) in [5.74, 6) is 1.47. The van der Waals surface area contributed by atoms with E-state index in [-0.39, 0.29) is 12.4 Å². The van der Waals surface area contributed by atoms with Crippen molar-refractivity contribution in [3.8, 4) is 5.75 Å². The fourth-order valence-corrected chi connectivity index (χ4v) is 3.23. The number of hydrogen-bond donors (Lipinski definition) is 1. The van der Waals surface area contributed by atoms with Crippen LogP contribution in [0.2, 0.25) is 0 Å². The van der Waals surface area contributed by atoms with Gasteiger partial charge in [0.25, 0.3) is 0 Å². The molecule has 1 atom stereocenters. The van der Waals surface area contributed by atoms with Crippen molar-refractivity contribution >= 4 is 12.4 Å². The number of rotatable bonds is 6. The molecule has 24 heavy (non-hydrogen) atoms. The van der Waals surface area contributed by atoms with Crippen LogP contribution in [-0.4, -0.2) is 42.4 Å². The number of piperidine rings is 1. The summed E-state index contributed by atoms with van der Waals surface area (Å²) in [6.45, 7) is 3.13. The average molecular weight is 348 g/mol. The molecule has 0 aliphatic carbocycles. The van der Waals surface area contributed by atoms with Crippen LogP contribution in [0.5, 0.6) is 5.75 Å². The van der Waals surface area contributed by atoms with E-state index in [1.165, 1.54) is 5.56 Å². The summed E-state index contributed by atoms with van der Waals surface area (Å²) < 4.78 is 5.62. The normalized spacial score (nSPS) is 17.0. The maximum atomic E-state index is 10.2. The van der Waals surface area contributed by atoms with Gasteiger partial charge < -0.3 is 14.7 Å². The summed E-state index contributed by atoms with van der Waals surface area (Å²) in [6.07, 6.45) is 1.88. The van der Waals surface area contributed by atoms with Crippen molar-refractivity contribution in [1.29, 1.82) is 0 Å². The third-order valence-corrected chi connectivity index (χ3v) is 4.51. The molecule has 1 aliphatic rings. The van der Waals surface area contributed by atoms with E-state index < -0.39 is 6.10 Å². The zero-order chi connectivity index (χ0) is 15.9. The highest BCUT2D eigenvalue weighted by molar-refractivity contribution is 5.85. The first kappa shape index (κ1) is 18.8. The maximum absolute atomic E-state index is 10.2. The monoisotopic (exact) mass is 347 g/mol. The molecular weight excluding hydrogens is 322 g/mol. The minimum absolute atomic E-state index is 0. The quantitative estimate of drug-likeness (QED) is 0.864. The van der Waals surface area contributed by atoms with E-state index in [9.17, 15) is 5.11 Å². The Hall–Kier alpha value is -1.55. The molecule has 0 saturated carbocycles. The number of halogens is 1. The lowest BCUT2D eigenvalue weighted by atomic mass is 9.89. The zero-order valence-corrected chi connectivity index (χ0v) is 14.7. The predicted octanol–water partition coefficient (Wildman–Crippen LogP) is 3.73. The molecule has 1 unspecified atom stereocenters. The van der Waals surface area contributed by atoms with Crippen molar-refractivity contribution in [2.24, 2.45) is 0 Å². The van der Waals surface area contributed by atoms with E-state index in [1.54, 1.807) is 0 Å². The van der Waals surface area contributed by atoms with Gasteiger partial charge in [0.1, 0.15) is 18.5 Å². The predicted molar refractivity (Wildman–Crippen MR) is 100 cm³/mol. The van der Waals surface area contributed by atoms with Gasteiger partial charge in [0.2, 0.25) is 0 Å². The van der Waals surface area contributed by atoms with Crippen LogP contribution in [0.15, 0.2) is 60.7 Å². The van der Waals surface area contributed by atoms with Crippen molar-refractivity contribution < 1.29 is 9.84 Å². The standard InChI is InChI=1S/C20H25NO2.ClH/c22-19(16-23-20-9-5-2-6-10-20)15-21-13-11-18(12-14-21)17-7-3-1-4-8-17;/h1-10,18-19,22H,11-16H2;1H. The van der Waals surface area contributed by atoms with E-state index in [4.69, 9.17) is 4.74 Å². The van der Waals surface area contributed by atoms with Gasteiger partial charge in [0.05, 0.1) is 0 Å². The van der Waals surface area contributed by atoms with Gasteiger partial charge in [-0.3, -0.25) is 0 Å². The Balaban J connectivity index is 0.00000208. The third-order valence-electron chi connectivity index (χ3n) is 4.51. The first-order chi connectivity index (χ1) is 11.3. The van der Waals surface area contributed by atoms with Gasteiger partial charge in [-0.15, -0.1) is 12.4 Å². The van der Waals surface area contributed by atoms with Gasteiger partial charge in [-0.1, -0.05) is 48.5 Å². The van der Waals surface area contributed by atoms with Crippen LogP contribution in [0.3, 0.4) is 0 Å². The van der Waals surface area contributed by atoms with Crippen molar-refractivity contribution in [1.82, 2.24) is 4.90 Å². The summed E-state index contributed by atoms with van der Waals surface area (Å²) in [5.41, 5.74) is 1.44. The Kier molecular flexibility index (Phi) is 7.57. The highest BCUT2D eigenvalue weighted by Crippen LogP contribution is 2.27. The van der Waals surface area contributed by atoms with E-state index in [1.807, 2.05) is 30.3 Å². The Bertz CT molecular complexity index is 571. The Morgan fingerprint density at radius 3 is 2.17 bits per heavy atom. The van der Waals surface area contributed by atoms with Gasteiger partial charge in [-0.25, -0.2) is 0 Å². The maximum Gasteiger partial charge on any atom is 0.119 e. The minimum atomic E-state index is -0.441. The molecule has 2 aromatic rings. The second-order valence-electron chi connectivity index (χ2n) is 6.26. The molecular formula is C20H26ClNO2. The summed E-state index contributed by atoms with van der Waals surface area (Å²) in [5, 5.41) is 10.2. The third kappa shape index (κ3) is 5.52. The number of nitrogens with zero attached hydrogens (tertiary/aromatic N) is 1. The summed E-state index contributed by atoms with van der Waals surface area (Å²) in [4.78, 5) is 2.35. The molecule has 1 N–H and O–H groups in total. The number of para-hydroxylation sites is 1. The number of β-amino-alcohol motifs (C(OH)–C–C–N with tert-alkyl or cyclic N) is 1. The molecule has 4 heteroatoms. The first-order valence-electron chi connectivity index (χ1n) is 8.44. The molecule has 0 spiro atoms. The van der Waals surface area contributed by atoms with Gasteiger partial charge in [-0.05, 0) is 49.5 Å². The van der Waals surface area contributed by atoms with Crippen molar-refractivity contribution in [2.75, 3.05) is 26.2 Å². The molecule has 1 heterocycles. The largest absolute Gasteiger partial charge is 0.491 e. The SMILES string of the molecule is Cl.OC(COc1ccccc1)CN1CCC(c2ccccc2)CC1. The van der Waals surface area contributed by atoms with Crippen LogP contribution < -0.4 is 4.74 Å². The molecule has 2 aromatic carbocycles. The summed E-state index contributed by atoms with van der Waals surface area (Å²) in [7, 11) is 0. The van der Waals surface area contributed by atoms with Crippen molar-refractivity contribution in [3.05, 3.63) is 66.2 Å². The minimum Gasteiger partial charge on any atom is -0.491 e. The second-order valence-corrected chi connectivity index (χ2v) is 6.26. The van der Waals surface area contributed by atoms with Crippen LogP contribution in [0, 0.1) is 0 Å². The molecule has 0 radical (unpaired) electrons. The second kappa shape index (κ2) is 9.67. The van der Waals surface area contributed by atoms with Gasteiger partial charge >= 0.3 is 0 Å². The molecule has 0 aromatic heterocycles. The van der Waals surface area contributed by atoms with Gasteiger partial charge in [0, 0.05) is 6.54 Å². The van der Waals surface area contributed by atoms with Crippen LogP contribution in [0.1, 0.15) is 24.3 Å². The molecule has 3 rings (SSSR count). The van der Waals surface area contributed by atoms with Crippen molar-refractivity contribution in [2.45, 2.75) is 24.9 Å². The highest BCUT2D eigenvalue weighted by Gasteiger charge is 2.22. The lowest BCUT2D eigenvalue weighted by Gasteiger charge is -2.33. The van der Waals surface area contributed by atoms with Crippen LogP contribution >= 0.6 is 12.4 Å². The molecule has 1 fully saturated rings. The Morgan fingerprint density at radius 2 is 1.54 bits per heavy atom. The van der Waals surface area contributed by atoms with E-state index >= 15 is 0 Å². The van der Waals surface area contributed by atoms with E-state index in [0.29, 0.717) is 19.1 Å². The van der Waals surface area contributed by atoms with Crippen molar-refractivity contribution in [3.63, 3.8) is 0 Å². The fraction of sp³-hybridized carbons (Fsp3) is 0.400. The number of hydrogen-bond acceptors (Lipinski definition) is 3. The lowest BCUT2D eigenvalue weighted by Crippen LogP contribution is -2.40. The highest BCUT2D eigenvalue weighted by atomic mass is 35.5.